The van der Waals surface area contributed by atoms with Gasteiger partial charge in [-0.1, -0.05) is 12.1 Å². The molecule has 5 nitrogen and oxygen atoms in total. The van der Waals surface area contributed by atoms with Gasteiger partial charge in [-0.25, -0.2) is 0 Å². The summed E-state index contributed by atoms with van der Waals surface area (Å²) in [5.41, 5.74) is 1.86. The number of carbonyl (C=O) groups is 3. The molecule has 0 bridgehead atoms. The second-order valence-corrected chi connectivity index (χ2v) is 5.85. The number of rotatable bonds is 6. The molecule has 0 spiro atoms. The Labute approximate surface area is 138 Å². The number of hydrogen-bond acceptors (Lipinski definition) is 5. The van der Waals surface area contributed by atoms with Crippen molar-refractivity contribution in [1.82, 2.24) is 0 Å². The fourth-order valence-electron chi connectivity index (χ4n) is 1.91. The molecule has 1 unspecified atom stereocenters. The first-order valence-corrected chi connectivity index (χ1v) is 8.02. The van der Waals surface area contributed by atoms with Crippen LogP contribution in [0.3, 0.4) is 0 Å². The lowest BCUT2D eigenvalue weighted by atomic mass is 10.1. The summed E-state index contributed by atoms with van der Waals surface area (Å²) in [5, 5.41) is 6.37. The van der Waals surface area contributed by atoms with Crippen molar-refractivity contribution in [2.75, 3.05) is 5.32 Å². The van der Waals surface area contributed by atoms with Gasteiger partial charge in [0.05, 0.1) is 6.42 Å². The molecule has 0 saturated heterocycles. The lowest BCUT2D eigenvalue weighted by molar-refractivity contribution is -0.152. The molecule has 6 heteroatoms. The van der Waals surface area contributed by atoms with Gasteiger partial charge in [0.2, 0.25) is 0 Å². The summed E-state index contributed by atoms with van der Waals surface area (Å²) in [5.74, 6) is -0.982. The number of anilines is 1. The molecule has 0 aliphatic carbocycles. The van der Waals surface area contributed by atoms with Gasteiger partial charge in [0, 0.05) is 11.3 Å². The van der Waals surface area contributed by atoms with E-state index in [0.717, 1.165) is 5.56 Å². The van der Waals surface area contributed by atoms with Crippen molar-refractivity contribution in [2.24, 2.45) is 0 Å². The first-order chi connectivity index (χ1) is 11.0. The average Bonchev–Trinajstić information content (AvgIpc) is 3.00. The number of Topliss-reactive ketones (excluding diaryl/α,β-unsaturated/α-hetero) is 1. The minimum Gasteiger partial charge on any atom is -0.452 e. The molecule has 23 heavy (non-hydrogen) atoms. The Balaban J connectivity index is 1.90. The summed E-state index contributed by atoms with van der Waals surface area (Å²) in [6.07, 6.45) is -0.775. The minimum atomic E-state index is -0.915. The number of carbonyl (C=O) groups excluding carboxylic acids is 3. The minimum absolute atomic E-state index is 0.0867. The molecule has 1 atom stereocenters. The highest BCUT2D eigenvalue weighted by Gasteiger charge is 2.18. The average molecular weight is 331 g/mol. The van der Waals surface area contributed by atoms with Crippen LogP contribution in [0.15, 0.2) is 41.1 Å². The van der Waals surface area contributed by atoms with Crippen molar-refractivity contribution in [3.05, 3.63) is 52.2 Å². The molecule has 1 heterocycles. The SMILES string of the molecule is CC(=O)c1cccc(NC(=O)C(C)OC(=O)Cc2ccsc2)c1. The van der Waals surface area contributed by atoms with Crippen molar-refractivity contribution in [3.63, 3.8) is 0 Å². The molecule has 120 valence electrons. The summed E-state index contributed by atoms with van der Waals surface area (Å²) in [6, 6.07) is 8.44. The zero-order valence-corrected chi connectivity index (χ0v) is 13.7. The molecule has 2 aromatic rings. The monoisotopic (exact) mass is 331 g/mol. The van der Waals surface area contributed by atoms with E-state index in [9.17, 15) is 14.4 Å². The quantitative estimate of drug-likeness (QED) is 0.652. The molecule has 0 aliphatic rings. The van der Waals surface area contributed by atoms with E-state index in [1.807, 2.05) is 16.8 Å². The van der Waals surface area contributed by atoms with Crippen molar-refractivity contribution in [2.45, 2.75) is 26.4 Å². The van der Waals surface area contributed by atoms with Crippen molar-refractivity contribution in [3.8, 4) is 0 Å². The molecule has 1 N–H and O–H groups in total. The Kier molecular flexibility index (Phi) is 5.65. The number of thiophene rings is 1. The van der Waals surface area contributed by atoms with E-state index in [2.05, 4.69) is 5.32 Å². The fraction of sp³-hybridized carbons (Fsp3) is 0.235. The number of ketones is 1. The lowest BCUT2D eigenvalue weighted by Gasteiger charge is -2.13. The summed E-state index contributed by atoms with van der Waals surface area (Å²) < 4.78 is 5.12. The zero-order valence-electron chi connectivity index (χ0n) is 12.9. The normalized spacial score (nSPS) is 11.6. The topological polar surface area (TPSA) is 72.5 Å². The fourth-order valence-corrected chi connectivity index (χ4v) is 2.58. The third kappa shape index (κ3) is 5.03. The third-order valence-electron chi connectivity index (χ3n) is 3.14. The third-order valence-corrected chi connectivity index (χ3v) is 3.87. The molecular formula is C17H17NO4S. The van der Waals surface area contributed by atoms with Crippen LogP contribution in [0.25, 0.3) is 0 Å². The van der Waals surface area contributed by atoms with Gasteiger partial charge in [0.15, 0.2) is 11.9 Å². The lowest BCUT2D eigenvalue weighted by Crippen LogP contribution is -2.30. The maximum Gasteiger partial charge on any atom is 0.311 e. The molecule has 0 fully saturated rings. The molecule has 0 radical (unpaired) electrons. The number of amides is 1. The molecule has 1 aromatic carbocycles. The Hall–Kier alpha value is -2.47. The van der Waals surface area contributed by atoms with Gasteiger partial charge in [-0.3, -0.25) is 14.4 Å². The summed E-state index contributed by atoms with van der Waals surface area (Å²) in [6.45, 7) is 2.96. The molecule has 1 aromatic heterocycles. The van der Waals surface area contributed by atoms with E-state index < -0.39 is 18.0 Å². The smallest absolute Gasteiger partial charge is 0.311 e. The Morgan fingerprint density at radius 2 is 2.04 bits per heavy atom. The predicted molar refractivity (Wildman–Crippen MR) is 88.7 cm³/mol. The van der Waals surface area contributed by atoms with Gasteiger partial charge < -0.3 is 10.1 Å². The van der Waals surface area contributed by atoms with Crippen molar-refractivity contribution < 1.29 is 19.1 Å². The van der Waals surface area contributed by atoms with Gasteiger partial charge >= 0.3 is 5.97 Å². The molecule has 0 aliphatic heterocycles. The maximum absolute atomic E-state index is 12.1. The van der Waals surface area contributed by atoms with Crippen LogP contribution in [0.1, 0.15) is 29.8 Å². The summed E-state index contributed by atoms with van der Waals surface area (Å²) in [7, 11) is 0. The first kappa shape index (κ1) is 16.9. The Bertz CT molecular complexity index is 709. The highest BCUT2D eigenvalue weighted by Crippen LogP contribution is 2.13. The number of hydrogen-bond donors (Lipinski definition) is 1. The Morgan fingerprint density at radius 1 is 1.26 bits per heavy atom. The van der Waals surface area contributed by atoms with Crippen LogP contribution in [0.2, 0.25) is 0 Å². The van der Waals surface area contributed by atoms with Gasteiger partial charge in [-0.15, -0.1) is 0 Å². The highest BCUT2D eigenvalue weighted by molar-refractivity contribution is 7.07. The van der Waals surface area contributed by atoms with Gasteiger partial charge in [-0.05, 0) is 48.4 Å². The zero-order chi connectivity index (χ0) is 16.8. The van der Waals surface area contributed by atoms with E-state index in [-0.39, 0.29) is 12.2 Å². The largest absolute Gasteiger partial charge is 0.452 e. The van der Waals surface area contributed by atoms with Crippen LogP contribution in [-0.2, 0) is 20.7 Å². The predicted octanol–water partition coefficient (Wildman–Crippen LogP) is 3.06. The second-order valence-electron chi connectivity index (χ2n) is 5.07. The van der Waals surface area contributed by atoms with Gasteiger partial charge in [0.1, 0.15) is 0 Å². The Morgan fingerprint density at radius 3 is 2.70 bits per heavy atom. The molecule has 1 amide bonds. The second kappa shape index (κ2) is 7.69. The van der Waals surface area contributed by atoms with E-state index >= 15 is 0 Å². The summed E-state index contributed by atoms with van der Waals surface area (Å²) >= 11 is 1.50. The van der Waals surface area contributed by atoms with E-state index in [0.29, 0.717) is 11.3 Å². The highest BCUT2D eigenvalue weighted by atomic mass is 32.1. The number of esters is 1. The molecule has 0 saturated carbocycles. The number of benzene rings is 1. The first-order valence-electron chi connectivity index (χ1n) is 7.08. The van der Waals surface area contributed by atoms with Crippen LogP contribution >= 0.6 is 11.3 Å². The van der Waals surface area contributed by atoms with Gasteiger partial charge in [0.25, 0.3) is 5.91 Å². The number of nitrogens with one attached hydrogen (secondary N) is 1. The van der Waals surface area contributed by atoms with Crippen LogP contribution in [0.4, 0.5) is 5.69 Å². The number of ether oxygens (including phenoxy) is 1. The van der Waals surface area contributed by atoms with E-state index in [1.165, 1.54) is 25.2 Å². The van der Waals surface area contributed by atoms with Crippen molar-refractivity contribution in [1.29, 1.82) is 0 Å². The van der Waals surface area contributed by atoms with Crippen LogP contribution < -0.4 is 5.32 Å². The van der Waals surface area contributed by atoms with Crippen LogP contribution in [-0.4, -0.2) is 23.8 Å². The van der Waals surface area contributed by atoms with Crippen molar-refractivity contribution >= 4 is 34.7 Å². The van der Waals surface area contributed by atoms with E-state index in [4.69, 9.17) is 4.74 Å². The maximum atomic E-state index is 12.1. The van der Waals surface area contributed by atoms with Crippen LogP contribution in [0.5, 0.6) is 0 Å². The molecular weight excluding hydrogens is 314 g/mol. The van der Waals surface area contributed by atoms with Gasteiger partial charge in [-0.2, -0.15) is 11.3 Å². The van der Waals surface area contributed by atoms with Crippen LogP contribution in [0, 0.1) is 0 Å². The molecule has 2 rings (SSSR count). The standard InChI is InChI=1S/C17H17NO4S/c1-11(19)14-4-3-5-15(9-14)18-17(21)12(2)22-16(20)8-13-6-7-23-10-13/h3-7,9-10,12H,8H2,1-2H3,(H,18,21). The summed E-state index contributed by atoms with van der Waals surface area (Å²) in [4.78, 5) is 35.2. The van der Waals surface area contributed by atoms with E-state index in [1.54, 1.807) is 24.3 Å².